The number of allylic oxidation sites excluding steroid dienone is 1. The Morgan fingerprint density at radius 1 is 0.936 bits per heavy atom. The highest BCUT2D eigenvalue weighted by atomic mass is 19.4. The summed E-state index contributed by atoms with van der Waals surface area (Å²) in [5.41, 5.74) is 1.32. The Kier molecular flexibility index (Phi) is 10.3. The van der Waals surface area contributed by atoms with Gasteiger partial charge in [0.05, 0.1) is 0 Å². The number of hydrogen-bond donors (Lipinski definition) is 0. The molecule has 15 heteroatoms. The fraction of sp³-hybridized carbons (Fsp3) is 0.719. The molecular weight excluding hydrogens is 661 g/mol. The van der Waals surface area contributed by atoms with Crippen molar-refractivity contribution in [3.05, 3.63) is 47.3 Å². The molecule has 0 aliphatic heterocycles. The van der Waals surface area contributed by atoms with Crippen molar-refractivity contribution in [1.29, 1.82) is 0 Å². The van der Waals surface area contributed by atoms with Gasteiger partial charge in [0.25, 0.3) is 0 Å². The van der Waals surface area contributed by atoms with Crippen molar-refractivity contribution < 1.29 is 61.9 Å². The van der Waals surface area contributed by atoms with E-state index in [1.807, 2.05) is 31.2 Å². The number of alkyl halides is 12. The number of rotatable bonds is 12. The number of halogens is 13. The van der Waals surface area contributed by atoms with E-state index in [2.05, 4.69) is 0 Å². The topological polar surface area (TPSA) is 20.3 Å². The molecule has 0 saturated heterocycles. The molecule has 0 spiro atoms. The highest BCUT2D eigenvalue weighted by molar-refractivity contribution is 5.87. The predicted molar refractivity (Wildman–Crippen MR) is 146 cm³/mol. The Morgan fingerprint density at radius 3 is 2.21 bits per heavy atom. The fourth-order valence-electron chi connectivity index (χ4n) is 7.93. The van der Waals surface area contributed by atoms with Crippen molar-refractivity contribution in [3.63, 3.8) is 0 Å². The molecule has 0 bridgehead atoms. The number of Topliss-reactive ketones (excluding diaryl/α,β-unsaturated/α-hetero) is 1. The molecule has 2 fully saturated rings. The summed E-state index contributed by atoms with van der Waals surface area (Å²) in [7, 11) is 1.25. The molecule has 1 aromatic rings. The molecule has 47 heavy (non-hydrogen) atoms. The summed E-state index contributed by atoms with van der Waals surface area (Å²) in [6.45, 7) is 1.07. The third-order valence-electron chi connectivity index (χ3n) is 10.5. The molecule has 6 atom stereocenters. The molecule has 0 N–H and O–H groups in total. The Bertz CT molecular complexity index is 1330. The number of hydrogen-bond acceptors (Lipinski definition) is 2. The van der Waals surface area contributed by atoms with Gasteiger partial charge in [-0.1, -0.05) is 44.0 Å². The maximum atomic E-state index is 15.8. The summed E-state index contributed by atoms with van der Waals surface area (Å²) in [5.74, 6) is -32.8. The number of carbonyl (C=O) groups excluding carboxylic acids is 1. The zero-order chi connectivity index (χ0) is 35.4. The van der Waals surface area contributed by atoms with Gasteiger partial charge in [-0.05, 0) is 80.7 Å². The molecule has 266 valence electrons. The van der Waals surface area contributed by atoms with Crippen LogP contribution in [0, 0.1) is 23.2 Å². The predicted octanol–water partition coefficient (Wildman–Crippen LogP) is 9.73. The Hall–Kier alpha value is -2.32. The lowest BCUT2D eigenvalue weighted by Gasteiger charge is -2.53. The van der Waals surface area contributed by atoms with Gasteiger partial charge in [0, 0.05) is 24.3 Å². The second-order valence-corrected chi connectivity index (χ2v) is 13.4. The van der Waals surface area contributed by atoms with Gasteiger partial charge in [-0.15, -0.1) is 0 Å². The molecular formula is C32H36F13NO. The first kappa shape index (κ1) is 37.5. The minimum atomic E-state index is -7.67. The van der Waals surface area contributed by atoms with Crippen molar-refractivity contribution in [2.75, 3.05) is 20.1 Å². The van der Waals surface area contributed by atoms with E-state index in [1.165, 1.54) is 7.05 Å². The maximum Gasteiger partial charge on any atom is 0.460 e. The number of ketones is 1. The molecule has 0 heterocycles. The van der Waals surface area contributed by atoms with Crippen LogP contribution in [0.25, 0.3) is 0 Å². The number of carbonyl (C=O) groups is 1. The molecule has 2 saturated carbocycles. The highest BCUT2D eigenvalue weighted by Crippen LogP contribution is 2.62. The van der Waals surface area contributed by atoms with Gasteiger partial charge in [-0.25, -0.2) is 8.78 Å². The zero-order valence-corrected chi connectivity index (χ0v) is 25.6. The van der Waals surface area contributed by atoms with Crippen LogP contribution in [0.2, 0.25) is 0 Å². The van der Waals surface area contributed by atoms with E-state index >= 15 is 4.39 Å². The fourth-order valence-corrected chi connectivity index (χ4v) is 7.93. The zero-order valence-electron chi connectivity index (χ0n) is 25.6. The van der Waals surface area contributed by atoms with E-state index < -0.39 is 53.8 Å². The van der Waals surface area contributed by atoms with Gasteiger partial charge < -0.3 is 4.90 Å². The van der Waals surface area contributed by atoms with Gasteiger partial charge in [-0.2, -0.15) is 48.3 Å². The summed E-state index contributed by atoms with van der Waals surface area (Å²) in [6, 6.07) is 7.69. The van der Waals surface area contributed by atoms with Crippen molar-refractivity contribution in [2.45, 2.75) is 100 Å². The van der Waals surface area contributed by atoms with Gasteiger partial charge in [0.15, 0.2) is 5.83 Å². The lowest BCUT2D eigenvalue weighted by Crippen LogP contribution is -2.66. The van der Waals surface area contributed by atoms with E-state index in [9.17, 15) is 57.5 Å². The number of nitrogens with zero attached hydrogens (tertiary/aromatic N) is 1. The summed E-state index contributed by atoms with van der Waals surface area (Å²) in [5, 5.41) is 0. The number of fused-ring (bicyclic) bond motifs is 5. The van der Waals surface area contributed by atoms with Gasteiger partial charge in [0.1, 0.15) is 12.0 Å². The van der Waals surface area contributed by atoms with Crippen LogP contribution in [0.3, 0.4) is 0 Å². The monoisotopic (exact) mass is 697 g/mol. The summed E-state index contributed by atoms with van der Waals surface area (Å²) in [4.78, 5) is 13.9. The molecule has 4 rings (SSSR count). The standard InChI is InChI=1S/C32H36F13NO/c1-27-17-22(33)26-20-10-6-5-8-18(20)16-19(25(26)21(27)11-12-24(27)47)9-4-3-7-14-46(2)15-13-23(34)28(35,36)29(37,38)30(39,40)31(41,42)32(43,44)45/h5-6,8,10,13,19,21-22,25-26H,3-4,7,9,11-12,14-17H2,1-2H3/t19-,21-,22-,25-,26-,27-/m0/s1. The van der Waals surface area contributed by atoms with Crippen LogP contribution < -0.4 is 0 Å². The number of likely N-dealkylation sites (N-methyl/N-ethyl adjacent to an activating group) is 1. The average molecular weight is 698 g/mol. The molecule has 0 aromatic heterocycles. The second-order valence-electron chi connectivity index (χ2n) is 13.4. The van der Waals surface area contributed by atoms with Crippen LogP contribution >= 0.6 is 0 Å². The molecule has 1 aromatic carbocycles. The molecule has 0 radical (unpaired) electrons. The minimum absolute atomic E-state index is 0.0378. The molecule has 3 aliphatic rings. The van der Waals surface area contributed by atoms with Crippen LogP contribution in [-0.4, -0.2) is 66.9 Å². The molecule has 0 unspecified atom stereocenters. The van der Waals surface area contributed by atoms with Crippen molar-refractivity contribution in [2.24, 2.45) is 23.2 Å². The van der Waals surface area contributed by atoms with Crippen LogP contribution in [0.5, 0.6) is 0 Å². The first-order chi connectivity index (χ1) is 21.5. The van der Waals surface area contributed by atoms with E-state index in [0.717, 1.165) is 16.0 Å². The number of unbranched alkanes of at least 4 members (excludes halogenated alkanes) is 2. The minimum Gasteiger partial charge on any atom is -0.303 e. The van der Waals surface area contributed by atoms with Crippen LogP contribution in [0.1, 0.15) is 68.9 Å². The van der Waals surface area contributed by atoms with Crippen molar-refractivity contribution in [3.8, 4) is 0 Å². The lowest BCUT2D eigenvalue weighted by molar-refractivity contribution is -0.419. The number of benzene rings is 1. The van der Waals surface area contributed by atoms with Gasteiger partial charge >= 0.3 is 29.9 Å². The van der Waals surface area contributed by atoms with Crippen molar-refractivity contribution >= 4 is 5.78 Å². The largest absolute Gasteiger partial charge is 0.460 e. The molecule has 0 amide bonds. The van der Waals surface area contributed by atoms with Crippen molar-refractivity contribution in [1.82, 2.24) is 4.90 Å². The van der Waals surface area contributed by atoms with Crippen LogP contribution in [-0.2, 0) is 11.2 Å². The second kappa shape index (κ2) is 12.9. The first-order valence-corrected chi connectivity index (χ1v) is 15.4. The normalized spacial score (nSPS) is 29.1. The summed E-state index contributed by atoms with van der Waals surface area (Å²) in [6.07, 6.45) is -4.47. The third kappa shape index (κ3) is 6.31. The molecule has 3 aliphatic carbocycles. The third-order valence-corrected chi connectivity index (χ3v) is 10.5. The first-order valence-electron chi connectivity index (χ1n) is 15.4. The smallest absolute Gasteiger partial charge is 0.303 e. The Morgan fingerprint density at radius 2 is 1.57 bits per heavy atom. The maximum absolute atomic E-state index is 15.8. The SMILES string of the molecule is CN(CC=C(F)C(F)(F)C(F)(F)C(F)(F)C(F)(F)C(F)(F)F)CCCCC[C@H]1Cc2ccccc2[C@@H]2[C@@H]1[C@@H]1CCC(=O)[C@@]1(C)C[C@@H]2F. The van der Waals surface area contributed by atoms with E-state index in [4.69, 9.17) is 0 Å². The van der Waals surface area contributed by atoms with Crippen LogP contribution in [0.4, 0.5) is 57.1 Å². The molecule has 2 nitrogen and oxygen atoms in total. The average Bonchev–Trinajstić information content (AvgIpc) is 3.27. The lowest BCUT2D eigenvalue weighted by atomic mass is 9.51. The summed E-state index contributed by atoms with van der Waals surface area (Å²) < 4.78 is 175. The van der Waals surface area contributed by atoms with E-state index in [-0.39, 0.29) is 48.5 Å². The van der Waals surface area contributed by atoms with Gasteiger partial charge in [0.2, 0.25) is 0 Å². The van der Waals surface area contributed by atoms with E-state index in [1.54, 1.807) is 0 Å². The quantitative estimate of drug-likeness (QED) is 0.160. The Labute approximate surface area is 263 Å². The van der Waals surface area contributed by atoms with Crippen LogP contribution in [0.15, 0.2) is 36.2 Å². The van der Waals surface area contributed by atoms with E-state index in [0.29, 0.717) is 44.9 Å². The van der Waals surface area contributed by atoms with Gasteiger partial charge in [-0.3, -0.25) is 4.79 Å². The summed E-state index contributed by atoms with van der Waals surface area (Å²) >= 11 is 0. The Balaban J connectivity index is 1.34. The highest BCUT2D eigenvalue weighted by Gasteiger charge is 2.87.